The summed E-state index contributed by atoms with van der Waals surface area (Å²) in [5.74, 6) is 0.423. The Morgan fingerprint density at radius 3 is 2.96 bits per heavy atom. The number of thiophene rings is 1. The van der Waals surface area contributed by atoms with Gasteiger partial charge in [-0.15, -0.1) is 11.3 Å². The molecule has 1 saturated heterocycles. The van der Waals surface area contributed by atoms with Crippen LogP contribution in [0.2, 0.25) is 0 Å². The second-order valence-electron chi connectivity index (χ2n) is 6.57. The van der Waals surface area contributed by atoms with Gasteiger partial charge >= 0.3 is 6.01 Å². The highest BCUT2D eigenvalue weighted by molar-refractivity contribution is 7.11. The van der Waals surface area contributed by atoms with E-state index in [1.807, 2.05) is 11.3 Å². The Morgan fingerprint density at radius 2 is 2.17 bits per heavy atom. The van der Waals surface area contributed by atoms with Gasteiger partial charge in [0.15, 0.2) is 0 Å². The normalized spacial score (nSPS) is 27.1. The van der Waals surface area contributed by atoms with Crippen molar-refractivity contribution in [2.24, 2.45) is 5.92 Å². The lowest BCUT2D eigenvalue weighted by atomic mass is 10.0. The second-order valence-corrected chi connectivity index (χ2v) is 7.94. The average Bonchev–Trinajstić information content (AvgIpc) is 3.21. The summed E-state index contributed by atoms with van der Waals surface area (Å²) in [5, 5.41) is 0. The monoisotopic (exact) mass is 345 g/mol. The third-order valence-corrected chi connectivity index (χ3v) is 5.94. The standard InChI is InChI=1S/C18H23N3O2S/c1-13-3-5-15(24-13)11-21-9-10-22-17-14(4-6-16(17)21)12-23-18-19-7-2-8-20-18/h2-3,5,7-8,14,16-17H,4,6,9-12H2,1H3/t14-,16-,17-/m1/s1. The summed E-state index contributed by atoms with van der Waals surface area (Å²) in [6.07, 6.45) is 6.01. The van der Waals surface area contributed by atoms with Crippen LogP contribution in [0.5, 0.6) is 6.01 Å². The summed E-state index contributed by atoms with van der Waals surface area (Å²) in [6.45, 7) is 5.68. The largest absolute Gasteiger partial charge is 0.463 e. The highest BCUT2D eigenvalue weighted by Gasteiger charge is 2.43. The van der Waals surface area contributed by atoms with Crippen LogP contribution in [-0.4, -0.2) is 46.8 Å². The summed E-state index contributed by atoms with van der Waals surface area (Å²) < 4.78 is 11.9. The van der Waals surface area contributed by atoms with Gasteiger partial charge in [-0.25, -0.2) is 9.97 Å². The molecule has 5 nitrogen and oxygen atoms in total. The molecule has 1 aliphatic carbocycles. The van der Waals surface area contributed by atoms with Crippen LogP contribution in [0, 0.1) is 12.8 Å². The number of aromatic nitrogens is 2. The fourth-order valence-corrected chi connectivity index (χ4v) is 4.74. The average molecular weight is 345 g/mol. The zero-order chi connectivity index (χ0) is 16.4. The molecule has 128 valence electrons. The van der Waals surface area contributed by atoms with Crippen molar-refractivity contribution >= 4 is 11.3 Å². The zero-order valence-electron chi connectivity index (χ0n) is 13.9. The van der Waals surface area contributed by atoms with Crippen molar-refractivity contribution in [3.63, 3.8) is 0 Å². The van der Waals surface area contributed by atoms with Gasteiger partial charge in [-0.05, 0) is 38.0 Å². The van der Waals surface area contributed by atoms with E-state index >= 15 is 0 Å². The molecule has 1 saturated carbocycles. The number of rotatable bonds is 5. The summed E-state index contributed by atoms with van der Waals surface area (Å²) in [4.78, 5) is 13.7. The third kappa shape index (κ3) is 3.45. The first-order chi connectivity index (χ1) is 11.8. The third-order valence-electron chi connectivity index (χ3n) is 4.96. The number of aryl methyl sites for hydroxylation is 1. The topological polar surface area (TPSA) is 47.5 Å². The molecule has 24 heavy (non-hydrogen) atoms. The quantitative estimate of drug-likeness (QED) is 0.834. The molecule has 3 heterocycles. The van der Waals surface area contributed by atoms with Gasteiger partial charge in [0, 0.05) is 47.2 Å². The van der Waals surface area contributed by atoms with Crippen molar-refractivity contribution in [3.8, 4) is 6.01 Å². The van der Waals surface area contributed by atoms with Crippen molar-refractivity contribution < 1.29 is 9.47 Å². The van der Waals surface area contributed by atoms with E-state index in [1.54, 1.807) is 18.5 Å². The predicted octanol–water partition coefficient (Wildman–Crippen LogP) is 2.90. The molecule has 0 radical (unpaired) electrons. The van der Waals surface area contributed by atoms with Gasteiger partial charge in [0.2, 0.25) is 0 Å². The van der Waals surface area contributed by atoms with E-state index < -0.39 is 0 Å². The minimum absolute atomic E-state index is 0.267. The minimum Gasteiger partial charge on any atom is -0.463 e. The van der Waals surface area contributed by atoms with Gasteiger partial charge < -0.3 is 9.47 Å². The molecule has 0 spiro atoms. The molecule has 3 atom stereocenters. The number of nitrogens with zero attached hydrogens (tertiary/aromatic N) is 3. The number of morpholine rings is 1. The lowest BCUT2D eigenvalue weighted by Crippen LogP contribution is -2.50. The molecule has 2 aliphatic rings. The molecule has 0 amide bonds. The molecule has 6 heteroatoms. The number of fused-ring (bicyclic) bond motifs is 1. The Balaban J connectivity index is 1.37. The van der Waals surface area contributed by atoms with Crippen LogP contribution >= 0.6 is 11.3 Å². The van der Waals surface area contributed by atoms with Gasteiger partial charge in [0.25, 0.3) is 0 Å². The molecule has 1 aliphatic heterocycles. The van der Waals surface area contributed by atoms with Crippen LogP contribution in [0.15, 0.2) is 30.6 Å². The van der Waals surface area contributed by atoms with Crippen molar-refractivity contribution in [2.45, 2.75) is 38.5 Å². The van der Waals surface area contributed by atoms with Gasteiger partial charge in [-0.3, -0.25) is 4.90 Å². The molecule has 2 aromatic rings. The van der Waals surface area contributed by atoms with Gasteiger partial charge in [-0.2, -0.15) is 0 Å². The van der Waals surface area contributed by atoms with E-state index in [1.165, 1.54) is 16.2 Å². The van der Waals surface area contributed by atoms with Gasteiger partial charge in [0.1, 0.15) is 0 Å². The molecule has 0 bridgehead atoms. The van der Waals surface area contributed by atoms with Crippen molar-refractivity contribution in [1.29, 1.82) is 0 Å². The maximum absolute atomic E-state index is 6.12. The lowest BCUT2D eigenvalue weighted by molar-refractivity contribution is -0.0817. The van der Waals surface area contributed by atoms with Crippen molar-refractivity contribution in [1.82, 2.24) is 14.9 Å². The van der Waals surface area contributed by atoms with E-state index in [0.29, 0.717) is 24.6 Å². The Bertz CT molecular complexity index is 663. The second kappa shape index (κ2) is 7.17. The maximum Gasteiger partial charge on any atom is 0.316 e. The van der Waals surface area contributed by atoms with Crippen LogP contribution in [0.1, 0.15) is 22.6 Å². The summed E-state index contributed by atoms with van der Waals surface area (Å²) >= 11 is 1.90. The van der Waals surface area contributed by atoms with E-state index in [9.17, 15) is 0 Å². The van der Waals surface area contributed by atoms with Crippen LogP contribution in [0.25, 0.3) is 0 Å². The number of hydrogen-bond donors (Lipinski definition) is 0. The Labute approximate surface area is 146 Å². The Morgan fingerprint density at radius 1 is 1.29 bits per heavy atom. The maximum atomic E-state index is 6.12. The summed E-state index contributed by atoms with van der Waals surface area (Å²) in [5.41, 5.74) is 0. The van der Waals surface area contributed by atoms with Crippen molar-refractivity contribution in [3.05, 3.63) is 40.3 Å². The predicted molar refractivity (Wildman–Crippen MR) is 93.2 cm³/mol. The van der Waals surface area contributed by atoms with E-state index in [4.69, 9.17) is 9.47 Å². The molecule has 0 aromatic carbocycles. The van der Waals surface area contributed by atoms with Crippen molar-refractivity contribution in [2.75, 3.05) is 19.8 Å². The minimum atomic E-state index is 0.267. The molecular weight excluding hydrogens is 322 g/mol. The summed E-state index contributed by atoms with van der Waals surface area (Å²) in [6, 6.07) is 7.23. The van der Waals surface area contributed by atoms with E-state index in [2.05, 4.69) is 33.9 Å². The van der Waals surface area contributed by atoms with Gasteiger partial charge in [0.05, 0.1) is 19.3 Å². The molecule has 4 rings (SSSR count). The van der Waals surface area contributed by atoms with Crippen LogP contribution in [0.4, 0.5) is 0 Å². The fraction of sp³-hybridized carbons (Fsp3) is 0.556. The zero-order valence-corrected chi connectivity index (χ0v) is 14.7. The molecule has 0 N–H and O–H groups in total. The highest BCUT2D eigenvalue weighted by Crippen LogP contribution is 2.36. The smallest absolute Gasteiger partial charge is 0.316 e. The van der Waals surface area contributed by atoms with Gasteiger partial charge in [-0.1, -0.05) is 0 Å². The molecule has 2 aromatic heterocycles. The lowest BCUT2D eigenvalue weighted by Gasteiger charge is -2.39. The number of ether oxygens (including phenoxy) is 2. The Kier molecular flexibility index (Phi) is 4.78. The summed E-state index contributed by atoms with van der Waals surface area (Å²) in [7, 11) is 0. The Hall–Kier alpha value is -1.50. The van der Waals surface area contributed by atoms with E-state index in [-0.39, 0.29) is 6.10 Å². The van der Waals surface area contributed by atoms with Crippen LogP contribution in [0.3, 0.4) is 0 Å². The molecular formula is C18H23N3O2S. The number of hydrogen-bond acceptors (Lipinski definition) is 6. The van der Waals surface area contributed by atoms with E-state index in [0.717, 1.165) is 26.1 Å². The fourth-order valence-electron chi connectivity index (χ4n) is 3.82. The first-order valence-electron chi connectivity index (χ1n) is 8.60. The highest BCUT2D eigenvalue weighted by atomic mass is 32.1. The molecule has 2 fully saturated rings. The van der Waals surface area contributed by atoms with Crippen LogP contribution in [-0.2, 0) is 11.3 Å². The first-order valence-corrected chi connectivity index (χ1v) is 9.42. The van der Waals surface area contributed by atoms with Crippen LogP contribution < -0.4 is 4.74 Å². The molecule has 0 unspecified atom stereocenters. The SMILES string of the molecule is Cc1ccc(CN2CCO[C@@H]3[C@@H](COc4ncccn4)CC[C@H]32)s1. The first kappa shape index (κ1) is 16.0.